The zero-order valence-corrected chi connectivity index (χ0v) is 17.6. The van der Waals surface area contributed by atoms with Gasteiger partial charge in [-0.25, -0.2) is 4.98 Å². The molecule has 0 saturated heterocycles. The topological polar surface area (TPSA) is 82.6 Å². The van der Waals surface area contributed by atoms with Crippen LogP contribution in [0.15, 0.2) is 36.0 Å². The smallest absolute Gasteiger partial charge is 0.253 e. The molecule has 2 aromatic heterocycles. The molecule has 7 nitrogen and oxygen atoms in total. The number of hydrogen-bond acceptors (Lipinski definition) is 7. The number of pyridine rings is 1. The maximum atomic E-state index is 12.4. The van der Waals surface area contributed by atoms with Crippen LogP contribution in [0.4, 0.5) is 5.69 Å². The molecular weight excluding hydrogens is 390 g/mol. The molecule has 1 amide bonds. The molecular formula is C21H25N3O4S. The number of rotatable bonds is 10. The zero-order chi connectivity index (χ0) is 20.6. The van der Waals surface area contributed by atoms with Crippen molar-refractivity contribution in [3.05, 3.63) is 36.0 Å². The van der Waals surface area contributed by atoms with Crippen LogP contribution in [0.2, 0.25) is 0 Å². The molecule has 3 aromatic rings. The van der Waals surface area contributed by atoms with Gasteiger partial charge in [-0.3, -0.25) is 9.78 Å². The van der Waals surface area contributed by atoms with Crippen molar-refractivity contribution < 1.29 is 19.0 Å². The lowest BCUT2D eigenvalue weighted by Crippen LogP contribution is -2.27. The third-order valence-electron chi connectivity index (χ3n) is 4.21. The third-order valence-corrected chi connectivity index (χ3v) is 5.00. The van der Waals surface area contributed by atoms with E-state index in [2.05, 4.69) is 10.3 Å². The predicted octanol–water partition coefficient (Wildman–Crippen LogP) is 4.14. The lowest BCUT2D eigenvalue weighted by molar-refractivity contribution is -0.126. The average Bonchev–Trinajstić information content (AvgIpc) is 3.27. The number of nitrogens with zero attached hydrogens (tertiary/aromatic N) is 2. The summed E-state index contributed by atoms with van der Waals surface area (Å²) in [5.74, 6) is 0.496. The van der Waals surface area contributed by atoms with E-state index in [-0.39, 0.29) is 5.91 Å². The van der Waals surface area contributed by atoms with Gasteiger partial charge < -0.3 is 19.5 Å². The number of benzene rings is 1. The summed E-state index contributed by atoms with van der Waals surface area (Å²) >= 11 is 1.52. The van der Waals surface area contributed by atoms with Gasteiger partial charge in [0, 0.05) is 37.1 Å². The van der Waals surface area contributed by atoms with Crippen LogP contribution in [0.3, 0.4) is 0 Å². The Morgan fingerprint density at radius 1 is 1.24 bits per heavy atom. The van der Waals surface area contributed by atoms with E-state index in [0.29, 0.717) is 31.3 Å². The molecule has 29 heavy (non-hydrogen) atoms. The molecule has 0 aliphatic heterocycles. The monoisotopic (exact) mass is 415 g/mol. The first-order valence-corrected chi connectivity index (χ1v) is 10.4. The van der Waals surface area contributed by atoms with Crippen LogP contribution in [0.1, 0.15) is 20.3 Å². The molecule has 154 valence electrons. The number of nitrogens with one attached hydrogen (secondary N) is 1. The van der Waals surface area contributed by atoms with Gasteiger partial charge in [-0.15, -0.1) is 11.3 Å². The fourth-order valence-electron chi connectivity index (χ4n) is 2.71. The van der Waals surface area contributed by atoms with Crippen LogP contribution in [0.5, 0.6) is 5.75 Å². The highest BCUT2D eigenvalue weighted by molar-refractivity contribution is 7.13. The number of carbonyl (C=O) groups is 1. The molecule has 1 N–H and O–H groups in total. The number of methoxy groups -OCH3 is 1. The van der Waals surface area contributed by atoms with E-state index >= 15 is 0 Å². The van der Waals surface area contributed by atoms with Gasteiger partial charge in [-0.2, -0.15) is 0 Å². The molecule has 1 unspecified atom stereocenters. The van der Waals surface area contributed by atoms with Gasteiger partial charge in [0.15, 0.2) is 0 Å². The average molecular weight is 416 g/mol. The van der Waals surface area contributed by atoms with Crippen LogP contribution in [-0.2, 0) is 14.3 Å². The van der Waals surface area contributed by atoms with Gasteiger partial charge in [-0.05, 0) is 31.5 Å². The van der Waals surface area contributed by atoms with Crippen molar-refractivity contribution in [1.82, 2.24) is 9.97 Å². The van der Waals surface area contributed by atoms with Crippen molar-refractivity contribution in [2.45, 2.75) is 26.4 Å². The second-order valence-corrected chi connectivity index (χ2v) is 7.33. The van der Waals surface area contributed by atoms with Gasteiger partial charge in [0.05, 0.1) is 28.2 Å². The highest BCUT2D eigenvalue weighted by Crippen LogP contribution is 2.33. The van der Waals surface area contributed by atoms with Crippen LogP contribution in [0, 0.1) is 0 Å². The van der Waals surface area contributed by atoms with Crippen molar-refractivity contribution in [2.24, 2.45) is 0 Å². The Labute approximate surface area is 174 Å². The number of thiazole rings is 1. The van der Waals surface area contributed by atoms with Crippen molar-refractivity contribution in [3.8, 4) is 16.3 Å². The Hall–Kier alpha value is -2.55. The zero-order valence-electron chi connectivity index (χ0n) is 16.8. The minimum Gasteiger partial charge on any atom is -0.490 e. The summed E-state index contributed by atoms with van der Waals surface area (Å²) in [5, 5.41) is 3.71. The van der Waals surface area contributed by atoms with E-state index in [9.17, 15) is 4.79 Å². The number of carbonyl (C=O) groups excluding carboxylic acids is 1. The fourth-order valence-corrected chi connectivity index (χ4v) is 3.29. The Morgan fingerprint density at radius 2 is 2.10 bits per heavy atom. The Bertz CT molecular complexity index is 947. The summed E-state index contributed by atoms with van der Waals surface area (Å²) in [4.78, 5) is 22.2. The molecule has 0 bridgehead atoms. The predicted molar refractivity (Wildman–Crippen MR) is 115 cm³/mol. The number of aromatic nitrogens is 2. The minimum absolute atomic E-state index is 0.186. The molecule has 2 heterocycles. The van der Waals surface area contributed by atoms with E-state index in [1.165, 1.54) is 11.3 Å². The van der Waals surface area contributed by atoms with Crippen LogP contribution < -0.4 is 10.1 Å². The molecule has 0 saturated carbocycles. The lowest BCUT2D eigenvalue weighted by Gasteiger charge is -2.15. The first-order valence-electron chi connectivity index (χ1n) is 9.50. The van der Waals surface area contributed by atoms with Crippen molar-refractivity contribution >= 4 is 33.8 Å². The molecule has 1 atom stereocenters. The van der Waals surface area contributed by atoms with E-state index in [1.54, 1.807) is 25.7 Å². The number of fused-ring (bicyclic) bond motifs is 1. The molecule has 8 heteroatoms. The maximum absolute atomic E-state index is 12.4. The summed E-state index contributed by atoms with van der Waals surface area (Å²) in [6, 6.07) is 7.46. The highest BCUT2D eigenvalue weighted by Gasteiger charge is 2.15. The molecule has 0 aliphatic rings. The molecule has 3 rings (SSSR count). The molecule has 0 aliphatic carbocycles. The number of ether oxygens (including phenoxy) is 3. The van der Waals surface area contributed by atoms with Crippen LogP contribution >= 0.6 is 11.3 Å². The number of amides is 1. The van der Waals surface area contributed by atoms with Crippen LogP contribution in [-0.4, -0.2) is 48.9 Å². The molecule has 0 spiro atoms. The molecule has 1 aromatic carbocycles. The maximum Gasteiger partial charge on any atom is 0.253 e. The molecule has 0 radical (unpaired) electrons. The van der Waals surface area contributed by atoms with Crippen molar-refractivity contribution in [2.75, 3.05) is 32.2 Å². The molecule has 0 fully saturated rings. The third kappa shape index (κ3) is 5.50. The standard InChI is InChI=1S/C21H25N3O4S/c1-4-7-27-14(2)21(25)23-15-5-6-17-16(10-15)19(28-9-8-26-3)11-18(24-17)20-12-22-13-29-20/h5-6,10-14H,4,7-9H2,1-3H3,(H,23,25). The van der Waals surface area contributed by atoms with Crippen molar-refractivity contribution in [3.63, 3.8) is 0 Å². The summed E-state index contributed by atoms with van der Waals surface area (Å²) < 4.78 is 16.5. The number of anilines is 1. The van der Waals surface area contributed by atoms with E-state index < -0.39 is 6.10 Å². The normalized spacial score (nSPS) is 12.1. The van der Waals surface area contributed by atoms with Gasteiger partial charge in [0.2, 0.25) is 0 Å². The Balaban J connectivity index is 1.90. The summed E-state index contributed by atoms with van der Waals surface area (Å²) in [7, 11) is 1.63. The lowest BCUT2D eigenvalue weighted by atomic mass is 10.1. The first-order chi connectivity index (χ1) is 14.1. The van der Waals surface area contributed by atoms with E-state index in [0.717, 1.165) is 27.9 Å². The summed E-state index contributed by atoms with van der Waals surface area (Å²) in [6.45, 7) is 5.19. The fraction of sp³-hybridized carbons (Fsp3) is 0.381. The summed E-state index contributed by atoms with van der Waals surface area (Å²) in [5.41, 5.74) is 4.01. The SMILES string of the molecule is CCCOC(C)C(=O)Nc1ccc2nc(-c3cncs3)cc(OCCOC)c2c1. The second-order valence-electron chi connectivity index (χ2n) is 6.45. The highest BCUT2D eigenvalue weighted by atomic mass is 32.1. The number of hydrogen-bond donors (Lipinski definition) is 1. The van der Waals surface area contributed by atoms with E-state index in [1.807, 2.05) is 31.2 Å². The second kappa shape index (κ2) is 10.3. The van der Waals surface area contributed by atoms with Gasteiger partial charge in [0.25, 0.3) is 5.91 Å². The summed E-state index contributed by atoms with van der Waals surface area (Å²) in [6.07, 6.45) is 2.13. The van der Waals surface area contributed by atoms with Crippen molar-refractivity contribution in [1.29, 1.82) is 0 Å². The first kappa shape index (κ1) is 21.2. The van der Waals surface area contributed by atoms with E-state index in [4.69, 9.17) is 19.2 Å². The van der Waals surface area contributed by atoms with Gasteiger partial charge >= 0.3 is 0 Å². The Kier molecular flexibility index (Phi) is 7.51. The quantitative estimate of drug-likeness (QED) is 0.501. The van der Waals surface area contributed by atoms with Crippen LogP contribution in [0.25, 0.3) is 21.5 Å². The Morgan fingerprint density at radius 3 is 2.83 bits per heavy atom. The largest absolute Gasteiger partial charge is 0.490 e. The minimum atomic E-state index is -0.519. The van der Waals surface area contributed by atoms with Gasteiger partial charge in [-0.1, -0.05) is 6.92 Å². The van der Waals surface area contributed by atoms with Gasteiger partial charge in [0.1, 0.15) is 18.5 Å².